The van der Waals surface area contributed by atoms with Gasteiger partial charge in [-0.05, 0) is 31.4 Å². The molecule has 2 heterocycles. The van der Waals surface area contributed by atoms with E-state index in [0.717, 1.165) is 30.0 Å². The molecule has 2 aliphatic rings. The predicted molar refractivity (Wildman–Crippen MR) is 83.0 cm³/mol. The largest absolute Gasteiger partial charge is 0.494 e. The van der Waals surface area contributed by atoms with Crippen LogP contribution in [0, 0.1) is 6.92 Å². The molecule has 0 atom stereocenters. The van der Waals surface area contributed by atoms with Gasteiger partial charge in [-0.3, -0.25) is 0 Å². The molecule has 1 aromatic heterocycles. The standard InChI is InChI=1S/C17H20N2O2/c1-10-3-6-14(20-2)17-15(10)16(18-11-4-5-11)12-9-21-8-7-13(12)19-17/h3,6,11H,4-5,7-9H2,1-2H3,(H,18,19). The molecule has 4 rings (SSSR count). The van der Waals surface area contributed by atoms with Crippen molar-refractivity contribution in [2.45, 2.75) is 38.8 Å². The molecule has 1 aliphatic carbocycles. The molecule has 2 aromatic rings. The summed E-state index contributed by atoms with van der Waals surface area (Å²) in [6.07, 6.45) is 3.38. The second-order valence-corrected chi connectivity index (χ2v) is 5.94. The molecule has 0 amide bonds. The van der Waals surface area contributed by atoms with Gasteiger partial charge in [-0.15, -0.1) is 0 Å². The first-order valence-corrected chi connectivity index (χ1v) is 7.61. The minimum atomic E-state index is 0.604. The highest BCUT2D eigenvalue weighted by Gasteiger charge is 2.27. The number of anilines is 1. The lowest BCUT2D eigenvalue weighted by molar-refractivity contribution is 0.110. The fourth-order valence-corrected chi connectivity index (χ4v) is 3.06. The molecule has 0 spiro atoms. The number of pyridine rings is 1. The number of benzene rings is 1. The number of rotatable bonds is 3. The Morgan fingerprint density at radius 3 is 2.95 bits per heavy atom. The van der Waals surface area contributed by atoms with Crippen molar-refractivity contribution in [3.63, 3.8) is 0 Å². The zero-order chi connectivity index (χ0) is 14.4. The van der Waals surface area contributed by atoms with E-state index < -0.39 is 0 Å². The molecule has 1 aliphatic heterocycles. The van der Waals surface area contributed by atoms with Crippen LogP contribution in [-0.4, -0.2) is 24.7 Å². The van der Waals surface area contributed by atoms with Gasteiger partial charge in [-0.25, -0.2) is 4.98 Å². The van der Waals surface area contributed by atoms with Crippen LogP contribution in [-0.2, 0) is 17.8 Å². The van der Waals surface area contributed by atoms with Crippen LogP contribution < -0.4 is 10.1 Å². The predicted octanol–water partition coefficient (Wildman–Crippen LogP) is 3.20. The molecule has 0 radical (unpaired) electrons. The number of hydrogen-bond acceptors (Lipinski definition) is 4. The van der Waals surface area contributed by atoms with Gasteiger partial charge in [-0.2, -0.15) is 0 Å². The molecular weight excluding hydrogens is 264 g/mol. The molecule has 1 saturated carbocycles. The van der Waals surface area contributed by atoms with E-state index in [1.807, 2.05) is 6.07 Å². The number of nitrogens with zero attached hydrogens (tertiary/aromatic N) is 1. The van der Waals surface area contributed by atoms with Crippen LogP contribution in [0.4, 0.5) is 5.69 Å². The van der Waals surface area contributed by atoms with Gasteiger partial charge in [0, 0.05) is 23.4 Å². The van der Waals surface area contributed by atoms with Crippen molar-refractivity contribution in [1.82, 2.24) is 4.98 Å². The van der Waals surface area contributed by atoms with E-state index >= 15 is 0 Å². The van der Waals surface area contributed by atoms with E-state index in [9.17, 15) is 0 Å². The van der Waals surface area contributed by atoms with Gasteiger partial charge < -0.3 is 14.8 Å². The summed E-state index contributed by atoms with van der Waals surface area (Å²) in [6.45, 7) is 3.55. The Hall–Kier alpha value is -1.81. The third-order valence-corrected chi connectivity index (χ3v) is 4.37. The normalized spacial score (nSPS) is 17.6. The first kappa shape index (κ1) is 12.9. The molecule has 1 aromatic carbocycles. The van der Waals surface area contributed by atoms with Gasteiger partial charge in [0.25, 0.3) is 0 Å². The van der Waals surface area contributed by atoms with Gasteiger partial charge in [0.15, 0.2) is 0 Å². The third kappa shape index (κ3) is 2.14. The van der Waals surface area contributed by atoms with Gasteiger partial charge in [0.05, 0.1) is 31.7 Å². The van der Waals surface area contributed by atoms with Crippen molar-refractivity contribution in [3.05, 3.63) is 29.0 Å². The van der Waals surface area contributed by atoms with Crippen molar-refractivity contribution >= 4 is 16.6 Å². The number of aromatic nitrogens is 1. The lowest BCUT2D eigenvalue weighted by atomic mass is 9.99. The van der Waals surface area contributed by atoms with Crippen molar-refractivity contribution in [2.75, 3.05) is 19.0 Å². The topological polar surface area (TPSA) is 43.4 Å². The van der Waals surface area contributed by atoms with E-state index in [2.05, 4.69) is 18.3 Å². The molecule has 4 nitrogen and oxygen atoms in total. The van der Waals surface area contributed by atoms with Crippen LogP contribution >= 0.6 is 0 Å². The zero-order valence-electron chi connectivity index (χ0n) is 12.5. The molecule has 0 unspecified atom stereocenters. The average Bonchev–Trinajstić information content (AvgIpc) is 3.31. The first-order valence-electron chi connectivity index (χ1n) is 7.61. The van der Waals surface area contributed by atoms with Crippen LogP contribution in [0.1, 0.15) is 29.7 Å². The summed E-state index contributed by atoms with van der Waals surface area (Å²) < 4.78 is 11.2. The molecule has 110 valence electrons. The Morgan fingerprint density at radius 1 is 1.33 bits per heavy atom. The summed E-state index contributed by atoms with van der Waals surface area (Å²) in [6, 6.07) is 4.72. The Labute approximate surface area is 124 Å². The van der Waals surface area contributed by atoms with E-state index in [1.54, 1.807) is 7.11 Å². The molecule has 4 heteroatoms. The smallest absolute Gasteiger partial charge is 0.145 e. The van der Waals surface area contributed by atoms with Gasteiger partial charge in [0.1, 0.15) is 11.3 Å². The van der Waals surface area contributed by atoms with E-state index in [1.165, 1.54) is 35.0 Å². The number of methoxy groups -OCH3 is 1. The monoisotopic (exact) mass is 284 g/mol. The number of nitrogens with one attached hydrogen (secondary N) is 1. The number of hydrogen-bond donors (Lipinski definition) is 1. The van der Waals surface area contributed by atoms with Crippen molar-refractivity contribution < 1.29 is 9.47 Å². The summed E-state index contributed by atoms with van der Waals surface area (Å²) >= 11 is 0. The van der Waals surface area contributed by atoms with E-state index in [4.69, 9.17) is 14.5 Å². The van der Waals surface area contributed by atoms with Crippen molar-refractivity contribution in [1.29, 1.82) is 0 Å². The SMILES string of the molecule is COc1ccc(C)c2c(NC3CC3)c3c(nc12)CCOC3. The Morgan fingerprint density at radius 2 is 2.19 bits per heavy atom. The molecule has 0 saturated heterocycles. The van der Waals surface area contributed by atoms with Crippen molar-refractivity contribution in [3.8, 4) is 5.75 Å². The summed E-state index contributed by atoms with van der Waals surface area (Å²) in [4.78, 5) is 4.89. The third-order valence-electron chi connectivity index (χ3n) is 4.37. The molecule has 21 heavy (non-hydrogen) atoms. The zero-order valence-corrected chi connectivity index (χ0v) is 12.5. The maximum absolute atomic E-state index is 5.67. The fourth-order valence-electron chi connectivity index (χ4n) is 3.06. The van der Waals surface area contributed by atoms with Crippen LogP contribution in [0.3, 0.4) is 0 Å². The second-order valence-electron chi connectivity index (χ2n) is 5.94. The molecular formula is C17H20N2O2. The van der Waals surface area contributed by atoms with Gasteiger partial charge in [0.2, 0.25) is 0 Å². The quantitative estimate of drug-likeness (QED) is 0.940. The van der Waals surface area contributed by atoms with Gasteiger partial charge >= 0.3 is 0 Å². The highest BCUT2D eigenvalue weighted by atomic mass is 16.5. The minimum absolute atomic E-state index is 0.604. The maximum Gasteiger partial charge on any atom is 0.145 e. The number of ether oxygens (including phenoxy) is 2. The summed E-state index contributed by atoms with van der Waals surface area (Å²) in [7, 11) is 1.71. The van der Waals surface area contributed by atoms with Crippen LogP contribution in [0.15, 0.2) is 12.1 Å². The second kappa shape index (κ2) is 4.88. The maximum atomic E-state index is 5.67. The Kier molecular flexibility index (Phi) is 3.00. The first-order chi connectivity index (χ1) is 10.3. The van der Waals surface area contributed by atoms with Crippen LogP contribution in [0.2, 0.25) is 0 Å². The number of fused-ring (bicyclic) bond motifs is 2. The molecule has 1 N–H and O–H groups in total. The highest BCUT2D eigenvalue weighted by Crippen LogP contribution is 2.39. The highest BCUT2D eigenvalue weighted by molar-refractivity contribution is 5.99. The van der Waals surface area contributed by atoms with Gasteiger partial charge in [-0.1, -0.05) is 6.07 Å². The van der Waals surface area contributed by atoms with Crippen LogP contribution in [0.25, 0.3) is 10.9 Å². The summed E-state index contributed by atoms with van der Waals surface area (Å²) in [5, 5.41) is 4.89. The van der Waals surface area contributed by atoms with Crippen molar-refractivity contribution in [2.24, 2.45) is 0 Å². The lowest BCUT2D eigenvalue weighted by Crippen LogP contribution is -2.16. The molecule has 1 fully saturated rings. The fraction of sp³-hybridized carbons (Fsp3) is 0.471. The Balaban J connectivity index is 2.02. The lowest BCUT2D eigenvalue weighted by Gasteiger charge is -2.23. The van der Waals surface area contributed by atoms with Crippen LogP contribution in [0.5, 0.6) is 5.75 Å². The Bertz CT molecular complexity index is 708. The van der Waals surface area contributed by atoms with E-state index in [-0.39, 0.29) is 0 Å². The summed E-state index contributed by atoms with van der Waals surface area (Å²) in [5.74, 6) is 0.851. The minimum Gasteiger partial charge on any atom is -0.494 e. The number of aryl methyl sites for hydroxylation is 1. The average molecular weight is 284 g/mol. The molecule has 0 bridgehead atoms. The van der Waals surface area contributed by atoms with E-state index in [0.29, 0.717) is 12.6 Å². The summed E-state index contributed by atoms with van der Waals surface area (Å²) in [5.41, 5.74) is 5.81.